The number of hydrogen-bond donors (Lipinski definition) is 0. The van der Waals surface area contributed by atoms with Gasteiger partial charge in [-0.15, -0.1) is 0 Å². The van der Waals surface area contributed by atoms with E-state index in [0.717, 1.165) is 38.2 Å². The lowest BCUT2D eigenvalue weighted by molar-refractivity contribution is 0.596. The minimum atomic E-state index is -0.219. The van der Waals surface area contributed by atoms with Gasteiger partial charge in [0.25, 0.3) is 11.1 Å². The van der Waals surface area contributed by atoms with E-state index >= 15 is 0 Å². The average Bonchev–Trinajstić information content (AvgIpc) is 3.35. The van der Waals surface area contributed by atoms with Crippen LogP contribution in [0.25, 0.3) is 70.3 Å². The maximum atomic E-state index is 14.4. The summed E-state index contributed by atoms with van der Waals surface area (Å²) in [6, 6.07) is 19.2. The summed E-state index contributed by atoms with van der Waals surface area (Å²) in [5, 5.41) is 12.5. The van der Waals surface area contributed by atoms with Crippen LogP contribution in [0.4, 0.5) is 0 Å². The number of rotatable bonds is 1. The summed E-state index contributed by atoms with van der Waals surface area (Å²) in [6.07, 6.45) is 0. The molecule has 0 saturated heterocycles. The molecule has 1 aromatic heterocycles. The van der Waals surface area contributed by atoms with E-state index < -0.39 is 0 Å². The highest BCUT2D eigenvalue weighted by atomic mass is 16.2. The number of para-hydroxylation sites is 1. The molecule has 0 aliphatic rings. The van der Waals surface area contributed by atoms with Crippen molar-refractivity contribution in [3.8, 4) is 5.69 Å². The van der Waals surface area contributed by atoms with Crippen LogP contribution < -0.4 is 11.1 Å². The van der Waals surface area contributed by atoms with E-state index in [4.69, 9.17) is 0 Å². The van der Waals surface area contributed by atoms with E-state index in [1.165, 1.54) is 42.4 Å². The number of nitrogens with zero attached hydrogens (tertiary/aromatic N) is 1. The number of fused-ring (bicyclic) bond motifs is 3. The average molecular weight is 494 g/mol. The fraction of sp³-hybridized carbons (Fsp3) is 0.200. The fourth-order valence-corrected chi connectivity index (χ4v) is 7.35. The Labute approximate surface area is 219 Å². The molecule has 38 heavy (non-hydrogen) atoms. The van der Waals surface area contributed by atoms with Crippen molar-refractivity contribution in [3.63, 3.8) is 0 Å². The lowest BCUT2D eigenvalue weighted by Gasteiger charge is -2.23. The summed E-state index contributed by atoms with van der Waals surface area (Å²) in [5.41, 5.74) is 4.30. The van der Waals surface area contributed by atoms with Crippen molar-refractivity contribution in [2.75, 3.05) is 0 Å². The van der Waals surface area contributed by atoms with Crippen LogP contribution in [0, 0.1) is 20.8 Å². The van der Waals surface area contributed by atoms with Crippen molar-refractivity contribution in [1.29, 1.82) is 0 Å². The van der Waals surface area contributed by atoms with Crippen LogP contribution in [0.3, 0.4) is 0 Å². The first-order chi connectivity index (χ1) is 18.1. The van der Waals surface area contributed by atoms with E-state index in [0.29, 0.717) is 16.5 Å². The summed E-state index contributed by atoms with van der Waals surface area (Å²) >= 11 is 0. The first-order valence-electron chi connectivity index (χ1n) is 13.3. The van der Waals surface area contributed by atoms with Crippen molar-refractivity contribution >= 4 is 64.6 Å². The quantitative estimate of drug-likeness (QED) is 0.217. The zero-order valence-corrected chi connectivity index (χ0v) is 22.5. The second-order valence-electron chi connectivity index (χ2n) is 12.2. The van der Waals surface area contributed by atoms with Crippen LogP contribution in [0.15, 0.2) is 64.2 Å². The maximum Gasteiger partial charge on any atom is 0.266 e. The van der Waals surface area contributed by atoms with Gasteiger partial charge in [0, 0.05) is 0 Å². The standard InChI is InChI=1S/C35H27NO2/c1-16-8-7-9-17(2)32(16)36-33(37)30-22-14-18(3)20-12-10-19-11-13-21-24(35(4,5)6)15-23(31(30)34(36)38)29-27(21)25(19)26(20)28(22)29/h7-15H,1-6H3. The molecule has 0 saturated carbocycles. The molecule has 1 heterocycles. The van der Waals surface area contributed by atoms with Crippen LogP contribution in [-0.4, -0.2) is 4.57 Å². The van der Waals surface area contributed by atoms with Gasteiger partial charge in [-0.3, -0.25) is 9.59 Å². The summed E-state index contributed by atoms with van der Waals surface area (Å²) in [7, 11) is 0. The lowest BCUT2D eigenvalue weighted by atomic mass is 9.81. The second-order valence-corrected chi connectivity index (χ2v) is 12.2. The molecule has 7 aromatic carbocycles. The van der Waals surface area contributed by atoms with Gasteiger partial charge in [0.2, 0.25) is 0 Å². The van der Waals surface area contributed by atoms with Gasteiger partial charge in [-0.25, -0.2) is 4.57 Å². The highest BCUT2D eigenvalue weighted by Crippen LogP contribution is 2.52. The maximum absolute atomic E-state index is 14.4. The van der Waals surface area contributed by atoms with Crippen LogP contribution in [0.5, 0.6) is 0 Å². The molecule has 8 rings (SSSR count). The van der Waals surface area contributed by atoms with Gasteiger partial charge in [-0.05, 0) is 114 Å². The molecule has 0 amide bonds. The Kier molecular flexibility index (Phi) is 3.79. The highest BCUT2D eigenvalue weighted by Gasteiger charge is 2.30. The molecule has 0 aliphatic heterocycles. The van der Waals surface area contributed by atoms with E-state index in [1.54, 1.807) is 0 Å². The van der Waals surface area contributed by atoms with Gasteiger partial charge in [-0.1, -0.05) is 63.2 Å². The van der Waals surface area contributed by atoms with Gasteiger partial charge in [0.05, 0.1) is 16.5 Å². The normalized spacial score (nSPS) is 13.2. The summed E-state index contributed by atoms with van der Waals surface area (Å²) < 4.78 is 1.43. The fourth-order valence-electron chi connectivity index (χ4n) is 7.35. The Hall–Kier alpha value is -4.24. The summed E-state index contributed by atoms with van der Waals surface area (Å²) in [4.78, 5) is 28.8. The Morgan fingerprint density at radius 1 is 0.553 bits per heavy atom. The monoisotopic (exact) mass is 493 g/mol. The van der Waals surface area contributed by atoms with Crippen LogP contribution in [0.1, 0.15) is 43.0 Å². The first kappa shape index (κ1) is 21.8. The van der Waals surface area contributed by atoms with Crippen LogP contribution in [0.2, 0.25) is 0 Å². The minimum Gasteiger partial charge on any atom is -0.268 e. The van der Waals surface area contributed by atoms with E-state index in [2.05, 4.69) is 64.1 Å². The molecule has 0 N–H and O–H groups in total. The third-order valence-electron chi connectivity index (χ3n) is 8.93. The third kappa shape index (κ3) is 2.32. The zero-order valence-electron chi connectivity index (χ0n) is 22.5. The Morgan fingerprint density at radius 3 is 1.68 bits per heavy atom. The zero-order chi connectivity index (χ0) is 26.4. The molecule has 0 aliphatic carbocycles. The van der Waals surface area contributed by atoms with Gasteiger partial charge in [0.1, 0.15) is 0 Å². The predicted molar refractivity (Wildman–Crippen MR) is 161 cm³/mol. The summed E-state index contributed by atoms with van der Waals surface area (Å²) in [6.45, 7) is 12.7. The van der Waals surface area contributed by atoms with Crippen molar-refractivity contribution in [1.82, 2.24) is 4.57 Å². The minimum absolute atomic E-state index is 0.139. The second kappa shape index (κ2) is 6.60. The summed E-state index contributed by atoms with van der Waals surface area (Å²) in [5.74, 6) is 0. The molecular weight excluding hydrogens is 466 g/mol. The van der Waals surface area contributed by atoms with Crippen molar-refractivity contribution in [2.45, 2.75) is 47.0 Å². The Morgan fingerprint density at radius 2 is 1.08 bits per heavy atom. The van der Waals surface area contributed by atoms with Gasteiger partial charge in [-0.2, -0.15) is 0 Å². The molecule has 3 heteroatoms. The van der Waals surface area contributed by atoms with E-state index in [9.17, 15) is 9.59 Å². The van der Waals surface area contributed by atoms with Crippen LogP contribution in [-0.2, 0) is 5.41 Å². The van der Waals surface area contributed by atoms with Crippen molar-refractivity contribution in [3.05, 3.63) is 97.6 Å². The Bertz CT molecular complexity index is 2360. The van der Waals surface area contributed by atoms with E-state index in [1.807, 2.05) is 32.0 Å². The van der Waals surface area contributed by atoms with Crippen LogP contribution >= 0.6 is 0 Å². The third-order valence-corrected chi connectivity index (χ3v) is 8.93. The molecule has 0 radical (unpaired) electrons. The lowest BCUT2D eigenvalue weighted by Crippen LogP contribution is -2.25. The molecule has 0 spiro atoms. The smallest absolute Gasteiger partial charge is 0.266 e. The van der Waals surface area contributed by atoms with Crippen molar-refractivity contribution in [2.24, 2.45) is 0 Å². The molecule has 0 atom stereocenters. The molecule has 0 fully saturated rings. The molecular formula is C35H27NO2. The van der Waals surface area contributed by atoms with Crippen molar-refractivity contribution < 1.29 is 0 Å². The van der Waals surface area contributed by atoms with Gasteiger partial charge >= 0.3 is 0 Å². The molecule has 8 aromatic rings. The van der Waals surface area contributed by atoms with Gasteiger partial charge in [0.15, 0.2) is 0 Å². The highest BCUT2D eigenvalue weighted by molar-refractivity contribution is 6.48. The molecule has 0 bridgehead atoms. The topological polar surface area (TPSA) is 39.1 Å². The number of aromatic nitrogens is 1. The molecule has 3 nitrogen and oxygen atoms in total. The first-order valence-corrected chi connectivity index (χ1v) is 13.3. The number of hydrogen-bond acceptors (Lipinski definition) is 2. The largest absolute Gasteiger partial charge is 0.268 e. The predicted octanol–water partition coefficient (Wildman–Crippen LogP) is 8.09. The molecule has 184 valence electrons. The SMILES string of the molecule is Cc1cccc(C)c1-n1c(=O)c2c3cc(C)c4ccc5ccc6c(C(C)(C)C)cc(c2c1=O)c1c6c5c4c31. The Balaban J connectivity index is 1.78. The number of benzene rings is 6. The van der Waals surface area contributed by atoms with E-state index in [-0.39, 0.29) is 16.5 Å². The number of aryl methyl sites for hydroxylation is 3. The molecule has 0 unspecified atom stereocenters. The van der Waals surface area contributed by atoms with Gasteiger partial charge < -0.3 is 0 Å².